The lowest BCUT2D eigenvalue weighted by molar-refractivity contribution is -0.140. The molecule has 0 aliphatic carbocycles. The van der Waals surface area contributed by atoms with Crippen molar-refractivity contribution in [2.24, 2.45) is 11.3 Å². The quantitative estimate of drug-likeness (QED) is 0.571. The van der Waals surface area contributed by atoms with Crippen LogP contribution in [0.4, 0.5) is 0 Å². The molecule has 0 radical (unpaired) electrons. The van der Waals surface area contributed by atoms with Gasteiger partial charge in [-0.15, -0.1) is 6.58 Å². The third-order valence-corrected chi connectivity index (χ3v) is 5.78. The van der Waals surface area contributed by atoms with E-state index < -0.39 is 5.41 Å². The minimum Gasteiger partial charge on any atom is -0.494 e. The molecule has 1 aromatic heterocycles. The van der Waals surface area contributed by atoms with Gasteiger partial charge in [-0.3, -0.25) is 9.69 Å². The minimum atomic E-state index is -0.435. The van der Waals surface area contributed by atoms with E-state index in [-0.39, 0.29) is 5.91 Å². The number of fused-ring (bicyclic) bond motifs is 1. The molecule has 0 atom stereocenters. The number of rotatable bonds is 8. The number of benzene rings is 1. The third-order valence-electron chi connectivity index (χ3n) is 5.78. The average Bonchev–Trinajstić information content (AvgIpc) is 3.09. The standard InChI is InChI=1S/C26H38N4O2/c1-8-14-28-15-13-22-20(17-28)21(18-29(16-19(2)3)25(31)26(4,5)6)27-30(22)23-11-9-10-12-24(23)32-7/h8-12,19H,1,13-18H2,2-7H3. The summed E-state index contributed by atoms with van der Waals surface area (Å²) in [6.07, 6.45) is 2.84. The van der Waals surface area contributed by atoms with E-state index in [0.29, 0.717) is 19.0 Å². The molecule has 1 aliphatic heterocycles. The number of ether oxygens (including phenoxy) is 1. The van der Waals surface area contributed by atoms with Crippen LogP contribution in [-0.4, -0.2) is 52.2 Å². The predicted molar refractivity (Wildman–Crippen MR) is 129 cm³/mol. The van der Waals surface area contributed by atoms with Crippen LogP contribution in [0.25, 0.3) is 5.69 Å². The second-order valence-corrected chi connectivity index (χ2v) is 10.1. The summed E-state index contributed by atoms with van der Waals surface area (Å²) in [7, 11) is 1.69. The van der Waals surface area contributed by atoms with Crippen molar-refractivity contribution in [3.8, 4) is 11.4 Å². The van der Waals surface area contributed by atoms with Crippen molar-refractivity contribution in [1.82, 2.24) is 19.6 Å². The normalized spacial score (nSPS) is 14.3. The van der Waals surface area contributed by atoms with Crippen molar-refractivity contribution in [3.63, 3.8) is 0 Å². The Morgan fingerprint density at radius 2 is 2.03 bits per heavy atom. The zero-order chi connectivity index (χ0) is 23.5. The average molecular weight is 439 g/mol. The second-order valence-electron chi connectivity index (χ2n) is 10.1. The zero-order valence-corrected chi connectivity index (χ0v) is 20.5. The molecule has 0 bridgehead atoms. The van der Waals surface area contributed by atoms with Crippen LogP contribution in [0.15, 0.2) is 36.9 Å². The second kappa shape index (κ2) is 9.90. The molecule has 1 amide bonds. The van der Waals surface area contributed by atoms with Gasteiger partial charge in [0.25, 0.3) is 0 Å². The summed E-state index contributed by atoms with van der Waals surface area (Å²) in [5.41, 5.74) is 3.90. The number of para-hydroxylation sites is 2. The molecule has 1 aliphatic rings. The van der Waals surface area contributed by atoms with Gasteiger partial charge in [0.15, 0.2) is 0 Å². The molecule has 32 heavy (non-hydrogen) atoms. The SMILES string of the molecule is C=CCN1CCc2c(c(CN(CC(C)C)C(=O)C(C)(C)C)nn2-c2ccccc2OC)C1. The molecule has 174 valence electrons. The van der Waals surface area contributed by atoms with Gasteiger partial charge in [-0.05, 0) is 18.1 Å². The highest BCUT2D eigenvalue weighted by Crippen LogP contribution is 2.31. The van der Waals surface area contributed by atoms with E-state index in [2.05, 4.69) is 25.3 Å². The van der Waals surface area contributed by atoms with Gasteiger partial charge in [-0.2, -0.15) is 5.10 Å². The summed E-state index contributed by atoms with van der Waals surface area (Å²) in [5.74, 6) is 1.33. The zero-order valence-electron chi connectivity index (χ0n) is 20.5. The van der Waals surface area contributed by atoms with Gasteiger partial charge in [0.2, 0.25) is 5.91 Å². The highest BCUT2D eigenvalue weighted by Gasteiger charge is 2.31. The summed E-state index contributed by atoms with van der Waals surface area (Å²) in [5, 5.41) is 5.07. The Hall–Kier alpha value is -2.60. The van der Waals surface area contributed by atoms with Crippen molar-refractivity contribution >= 4 is 5.91 Å². The van der Waals surface area contributed by atoms with Crippen LogP contribution in [0, 0.1) is 11.3 Å². The Balaban J connectivity index is 2.07. The smallest absolute Gasteiger partial charge is 0.228 e. The summed E-state index contributed by atoms with van der Waals surface area (Å²) >= 11 is 0. The monoisotopic (exact) mass is 438 g/mol. The fraction of sp³-hybridized carbons (Fsp3) is 0.538. The summed E-state index contributed by atoms with van der Waals surface area (Å²) in [6, 6.07) is 7.98. The Kier molecular flexibility index (Phi) is 7.44. The molecule has 3 rings (SSSR count). The number of nitrogens with zero attached hydrogens (tertiary/aromatic N) is 4. The molecule has 0 unspecified atom stereocenters. The highest BCUT2D eigenvalue weighted by molar-refractivity contribution is 5.81. The summed E-state index contributed by atoms with van der Waals surface area (Å²) in [4.78, 5) is 17.6. The van der Waals surface area contributed by atoms with Gasteiger partial charge in [0.05, 0.1) is 25.0 Å². The first-order valence-electron chi connectivity index (χ1n) is 11.5. The number of methoxy groups -OCH3 is 1. The lowest BCUT2D eigenvalue weighted by Crippen LogP contribution is -2.41. The number of aromatic nitrogens is 2. The first-order valence-corrected chi connectivity index (χ1v) is 11.5. The first kappa shape index (κ1) is 24.1. The predicted octanol–water partition coefficient (Wildman–Crippen LogP) is 4.46. The van der Waals surface area contributed by atoms with E-state index in [4.69, 9.17) is 9.84 Å². The van der Waals surface area contributed by atoms with Gasteiger partial charge < -0.3 is 9.64 Å². The van der Waals surface area contributed by atoms with E-state index in [1.54, 1.807) is 7.11 Å². The van der Waals surface area contributed by atoms with Crippen LogP contribution in [0.1, 0.15) is 51.6 Å². The fourth-order valence-corrected chi connectivity index (χ4v) is 4.33. The van der Waals surface area contributed by atoms with E-state index >= 15 is 0 Å². The fourth-order valence-electron chi connectivity index (χ4n) is 4.33. The molecule has 0 fully saturated rings. The van der Waals surface area contributed by atoms with E-state index in [1.165, 1.54) is 11.3 Å². The van der Waals surface area contributed by atoms with Crippen molar-refractivity contribution in [2.45, 2.75) is 54.1 Å². The minimum absolute atomic E-state index is 0.158. The van der Waals surface area contributed by atoms with Crippen LogP contribution in [0.3, 0.4) is 0 Å². The van der Waals surface area contributed by atoms with Gasteiger partial charge in [0.1, 0.15) is 11.4 Å². The van der Waals surface area contributed by atoms with E-state index in [0.717, 1.165) is 43.2 Å². The number of carbonyl (C=O) groups excluding carboxylic acids is 1. The molecule has 6 heteroatoms. The molecule has 6 nitrogen and oxygen atoms in total. The van der Waals surface area contributed by atoms with Crippen LogP contribution in [-0.2, 0) is 24.3 Å². The first-order chi connectivity index (χ1) is 15.2. The summed E-state index contributed by atoms with van der Waals surface area (Å²) < 4.78 is 7.66. The summed E-state index contributed by atoms with van der Waals surface area (Å²) in [6.45, 7) is 18.0. The molecule has 0 saturated carbocycles. The maximum Gasteiger partial charge on any atom is 0.228 e. The Labute approximate surface area is 192 Å². The largest absolute Gasteiger partial charge is 0.494 e. The number of amides is 1. The molecule has 2 heterocycles. The number of hydrogen-bond donors (Lipinski definition) is 0. The Bertz CT molecular complexity index is 955. The molecular formula is C26H38N4O2. The van der Waals surface area contributed by atoms with Gasteiger partial charge in [-0.25, -0.2) is 4.68 Å². The molecule has 1 aromatic carbocycles. The van der Waals surface area contributed by atoms with Crippen molar-refractivity contribution in [1.29, 1.82) is 0 Å². The van der Waals surface area contributed by atoms with Gasteiger partial charge >= 0.3 is 0 Å². The van der Waals surface area contributed by atoms with E-state index in [9.17, 15) is 4.79 Å². The molecule has 0 N–H and O–H groups in total. The number of hydrogen-bond acceptors (Lipinski definition) is 4. The molecule has 2 aromatic rings. The van der Waals surface area contributed by atoms with Gasteiger partial charge in [-0.1, -0.05) is 52.8 Å². The number of carbonyl (C=O) groups is 1. The van der Waals surface area contributed by atoms with Crippen molar-refractivity contribution in [3.05, 3.63) is 53.9 Å². The van der Waals surface area contributed by atoms with Crippen molar-refractivity contribution < 1.29 is 9.53 Å². The van der Waals surface area contributed by atoms with Gasteiger partial charge in [0, 0.05) is 43.6 Å². The van der Waals surface area contributed by atoms with Crippen LogP contribution in [0.5, 0.6) is 5.75 Å². The maximum absolute atomic E-state index is 13.3. The lowest BCUT2D eigenvalue weighted by Gasteiger charge is -2.31. The lowest BCUT2D eigenvalue weighted by atomic mass is 9.94. The van der Waals surface area contributed by atoms with Crippen LogP contribution >= 0.6 is 0 Å². The topological polar surface area (TPSA) is 50.6 Å². The Morgan fingerprint density at radius 1 is 1.31 bits per heavy atom. The van der Waals surface area contributed by atoms with Crippen LogP contribution in [0.2, 0.25) is 0 Å². The highest BCUT2D eigenvalue weighted by atomic mass is 16.5. The van der Waals surface area contributed by atoms with E-state index in [1.807, 2.05) is 60.7 Å². The Morgan fingerprint density at radius 3 is 2.66 bits per heavy atom. The molecule has 0 spiro atoms. The molecular weight excluding hydrogens is 400 g/mol. The van der Waals surface area contributed by atoms with Crippen LogP contribution < -0.4 is 4.74 Å². The maximum atomic E-state index is 13.3. The third kappa shape index (κ3) is 5.23. The molecule has 0 saturated heterocycles. The van der Waals surface area contributed by atoms with Crippen molar-refractivity contribution in [2.75, 3.05) is 26.7 Å².